The van der Waals surface area contributed by atoms with Crippen LogP contribution in [-0.4, -0.2) is 18.0 Å². The highest BCUT2D eigenvalue weighted by atomic mass is 127. The highest BCUT2D eigenvalue weighted by Crippen LogP contribution is 2.21. The van der Waals surface area contributed by atoms with Gasteiger partial charge in [-0.3, -0.25) is 10.1 Å². The fraction of sp³-hybridized carbons (Fsp3) is 0.125. The smallest absolute Gasteiger partial charge is 0.337 e. The first kappa shape index (κ1) is 10.9. The quantitative estimate of drug-likeness (QED) is 0.362. The van der Waals surface area contributed by atoms with Crippen molar-refractivity contribution in [3.8, 4) is 0 Å². The van der Waals surface area contributed by atoms with Crippen LogP contribution in [0.15, 0.2) is 18.2 Å². The molecule has 1 aromatic carbocycles. The normalized spacial score (nSPS) is 9.57. The van der Waals surface area contributed by atoms with E-state index < -0.39 is 10.9 Å². The summed E-state index contributed by atoms with van der Waals surface area (Å²) in [6.07, 6.45) is 0. The zero-order valence-corrected chi connectivity index (χ0v) is 9.35. The van der Waals surface area contributed by atoms with Gasteiger partial charge in [0.25, 0.3) is 5.69 Å². The molecule has 0 radical (unpaired) electrons. The zero-order chi connectivity index (χ0) is 10.7. The van der Waals surface area contributed by atoms with E-state index in [2.05, 4.69) is 4.74 Å². The summed E-state index contributed by atoms with van der Waals surface area (Å²) in [6.45, 7) is 0. The van der Waals surface area contributed by atoms with Gasteiger partial charge >= 0.3 is 5.97 Å². The van der Waals surface area contributed by atoms with Crippen LogP contribution in [-0.2, 0) is 4.74 Å². The van der Waals surface area contributed by atoms with E-state index >= 15 is 0 Å². The second-order valence-electron chi connectivity index (χ2n) is 2.41. The molecule has 0 N–H and O–H groups in total. The fourth-order valence-corrected chi connectivity index (χ4v) is 1.61. The number of nitro benzene ring substituents is 1. The number of carbonyl (C=O) groups excluding carboxylic acids is 1. The molecule has 0 unspecified atom stereocenters. The van der Waals surface area contributed by atoms with Gasteiger partial charge in [-0.25, -0.2) is 4.79 Å². The third-order valence-electron chi connectivity index (χ3n) is 1.57. The minimum absolute atomic E-state index is 0.0155. The average molecular weight is 307 g/mol. The highest BCUT2D eigenvalue weighted by Gasteiger charge is 2.14. The zero-order valence-electron chi connectivity index (χ0n) is 7.19. The summed E-state index contributed by atoms with van der Waals surface area (Å²) in [5, 5.41) is 10.5. The Morgan fingerprint density at radius 1 is 1.57 bits per heavy atom. The number of hydrogen-bond acceptors (Lipinski definition) is 4. The van der Waals surface area contributed by atoms with Crippen molar-refractivity contribution in [2.75, 3.05) is 7.11 Å². The molecule has 0 saturated carbocycles. The van der Waals surface area contributed by atoms with Crippen molar-refractivity contribution in [3.05, 3.63) is 37.4 Å². The van der Waals surface area contributed by atoms with Crippen molar-refractivity contribution in [1.82, 2.24) is 0 Å². The van der Waals surface area contributed by atoms with Gasteiger partial charge in [0.2, 0.25) is 0 Å². The van der Waals surface area contributed by atoms with Crippen LogP contribution in [0.1, 0.15) is 10.4 Å². The first-order valence-corrected chi connectivity index (χ1v) is 4.66. The minimum Gasteiger partial charge on any atom is -0.465 e. The molecule has 1 aromatic rings. The Kier molecular flexibility index (Phi) is 3.39. The maximum absolute atomic E-state index is 11.1. The number of nitrogens with zero attached hydrogens (tertiary/aromatic N) is 1. The third kappa shape index (κ3) is 2.19. The Labute approximate surface area is 93.4 Å². The largest absolute Gasteiger partial charge is 0.465 e. The van der Waals surface area contributed by atoms with E-state index in [1.54, 1.807) is 22.6 Å². The lowest BCUT2D eigenvalue weighted by molar-refractivity contribution is -0.385. The summed E-state index contributed by atoms with van der Waals surface area (Å²) in [7, 11) is 1.26. The van der Waals surface area contributed by atoms with Crippen molar-refractivity contribution in [2.24, 2.45) is 0 Å². The van der Waals surface area contributed by atoms with E-state index in [1.807, 2.05) is 0 Å². The van der Waals surface area contributed by atoms with E-state index in [0.717, 1.165) is 0 Å². The predicted octanol–water partition coefficient (Wildman–Crippen LogP) is 1.99. The molecule has 1 rings (SSSR count). The molecule has 0 saturated heterocycles. The first-order chi connectivity index (χ1) is 6.56. The van der Waals surface area contributed by atoms with Crippen molar-refractivity contribution in [2.45, 2.75) is 0 Å². The molecule has 0 aliphatic heterocycles. The molecule has 0 heterocycles. The fourth-order valence-electron chi connectivity index (χ4n) is 0.900. The van der Waals surface area contributed by atoms with Crippen LogP contribution in [0.3, 0.4) is 0 Å². The lowest BCUT2D eigenvalue weighted by Gasteiger charge is -1.99. The van der Waals surface area contributed by atoms with Gasteiger partial charge in [-0.2, -0.15) is 0 Å². The van der Waals surface area contributed by atoms with Crippen LogP contribution >= 0.6 is 22.6 Å². The lowest BCUT2D eigenvalue weighted by Crippen LogP contribution is -2.02. The SMILES string of the molecule is COC(=O)c1ccc([N+](=O)[O-])c(I)c1. The van der Waals surface area contributed by atoms with Crippen LogP contribution in [0.2, 0.25) is 0 Å². The number of hydrogen-bond donors (Lipinski definition) is 0. The van der Waals surface area contributed by atoms with Crippen molar-refractivity contribution in [3.63, 3.8) is 0 Å². The third-order valence-corrected chi connectivity index (χ3v) is 2.43. The Bertz CT molecular complexity index is 391. The molecule has 0 spiro atoms. The summed E-state index contributed by atoms with van der Waals surface area (Å²) in [6, 6.07) is 4.07. The number of nitro groups is 1. The highest BCUT2D eigenvalue weighted by molar-refractivity contribution is 14.1. The molecule has 0 aliphatic rings. The Morgan fingerprint density at radius 3 is 2.64 bits per heavy atom. The van der Waals surface area contributed by atoms with Crippen LogP contribution in [0.4, 0.5) is 5.69 Å². The molecule has 0 atom stereocenters. The van der Waals surface area contributed by atoms with Gasteiger partial charge in [0, 0.05) is 6.07 Å². The van der Waals surface area contributed by atoms with E-state index in [0.29, 0.717) is 9.13 Å². The summed E-state index contributed by atoms with van der Waals surface area (Å²) in [4.78, 5) is 21.0. The molecule has 74 valence electrons. The summed E-state index contributed by atoms with van der Waals surface area (Å²) in [5.41, 5.74) is 0.292. The Hall–Kier alpha value is -1.18. The molecular formula is C8H6INO4. The number of benzene rings is 1. The average Bonchev–Trinajstić information content (AvgIpc) is 2.15. The van der Waals surface area contributed by atoms with Gasteiger partial charge in [0.1, 0.15) is 0 Å². The summed E-state index contributed by atoms with van der Waals surface area (Å²) >= 11 is 1.80. The Balaban J connectivity index is 3.12. The number of esters is 1. The standard InChI is InChI=1S/C8H6INO4/c1-14-8(11)5-2-3-7(10(12)13)6(9)4-5/h2-4H,1H3. The molecule has 14 heavy (non-hydrogen) atoms. The second kappa shape index (κ2) is 4.36. The van der Waals surface area contributed by atoms with E-state index in [9.17, 15) is 14.9 Å². The van der Waals surface area contributed by atoms with Crippen LogP contribution < -0.4 is 0 Å². The van der Waals surface area contributed by atoms with Crippen molar-refractivity contribution in [1.29, 1.82) is 0 Å². The maximum Gasteiger partial charge on any atom is 0.337 e. The van der Waals surface area contributed by atoms with Crippen molar-refractivity contribution >= 4 is 34.2 Å². The molecule has 0 amide bonds. The Morgan fingerprint density at radius 2 is 2.21 bits per heavy atom. The number of halogens is 1. The molecule has 0 bridgehead atoms. The van der Waals surface area contributed by atoms with E-state index in [4.69, 9.17) is 0 Å². The number of ether oxygens (including phenoxy) is 1. The summed E-state index contributed by atoms with van der Waals surface area (Å²) < 4.78 is 4.89. The van der Waals surface area contributed by atoms with Gasteiger partial charge in [-0.05, 0) is 34.7 Å². The van der Waals surface area contributed by atoms with Crippen molar-refractivity contribution < 1.29 is 14.5 Å². The van der Waals surface area contributed by atoms with Gasteiger partial charge < -0.3 is 4.74 Å². The number of rotatable bonds is 2. The molecule has 0 aliphatic carbocycles. The van der Waals surface area contributed by atoms with E-state index in [-0.39, 0.29) is 5.69 Å². The van der Waals surface area contributed by atoms with Gasteiger partial charge in [0.15, 0.2) is 0 Å². The minimum atomic E-state index is -0.502. The molecule has 5 nitrogen and oxygen atoms in total. The molecule has 0 aromatic heterocycles. The van der Waals surface area contributed by atoms with Gasteiger partial charge in [-0.15, -0.1) is 0 Å². The number of carbonyl (C=O) groups is 1. The second-order valence-corrected chi connectivity index (χ2v) is 3.58. The van der Waals surface area contributed by atoms with E-state index in [1.165, 1.54) is 25.3 Å². The van der Waals surface area contributed by atoms with Gasteiger partial charge in [-0.1, -0.05) is 0 Å². The predicted molar refractivity (Wildman–Crippen MR) is 57.2 cm³/mol. The van der Waals surface area contributed by atoms with Crippen LogP contribution in [0.25, 0.3) is 0 Å². The van der Waals surface area contributed by atoms with Crippen LogP contribution in [0.5, 0.6) is 0 Å². The molecular weight excluding hydrogens is 301 g/mol. The monoisotopic (exact) mass is 307 g/mol. The molecule has 0 fully saturated rings. The first-order valence-electron chi connectivity index (χ1n) is 3.58. The number of methoxy groups -OCH3 is 1. The maximum atomic E-state index is 11.1. The molecule has 6 heteroatoms. The van der Waals surface area contributed by atoms with Gasteiger partial charge in [0.05, 0.1) is 21.2 Å². The lowest BCUT2D eigenvalue weighted by atomic mass is 10.2. The van der Waals surface area contributed by atoms with Crippen LogP contribution in [0, 0.1) is 13.7 Å². The summed E-state index contributed by atoms with van der Waals surface area (Å²) in [5.74, 6) is -0.502. The topological polar surface area (TPSA) is 69.4 Å².